The third-order valence-corrected chi connectivity index (χ3v) is 14.2. The smallest absolute Gasteiger partial charge is 0.0713 e. The number of rotatable bonds is 8. The van der Waals surface area contributed by atoms with Crippen molar-refractivity contribution in [3.05, 3.63) is 282 Å². The van der Waals surface area contributed by atoms with E-state index >= 15 is 0 Å². The molecule has 1 nitrogen and oxygen atoms in total. The standard InChI is InChI=1S/C64H47N/c1-63(2)57-32-15-12-29-54(57)55-41-40-51(43-60(55)63)65(61-35-17-14-28-52(61)46-38-36-45(37-39-46)44-20-6-3-7-21-44)50-27-18-22-47(42-50)53-31-19-34-59-62(53)56-30-13-16-33-58(56)64(59,48-23-8-4-9-24-48)49-25-10-5-11-26-49/h3-43H,1-2H3. The van der Waals surface area contributed by atoms with E-state index in [1.807, 2.05) is 0 Å². The van der Waals surface area contributed by atoms with Crippen molar-refractivity contribution in [2.24, 2.45) is 0 Å². The molecule has 0 aliphatic heterocycles. The maximum absolute atomic E-state index is 2.48. The highest BCUT2D eigenvalue weighted by atomic mass is 15.1. The lowest BCUT2D eigenvalue weighted by Gasteiger charge is -2.34. The number of fused-ring (bicyclic) bond motifs is 6. The van der Waals surface area contributed by atoms with E-state index in [0.717, 1.165) is 17.1 Å². The third kappa shape index (κ3) is 6.07. The first-order chi connectivity index (χ1) is 32.0. The Labute approximate surface area is 382 Å². The van der Waals surface area contributed by atoms with Crippen LogP contribution in [0.3, 0.4) is 0 Å². The molecule has 0 atom stereocenters. The Morgan fingerprint density at radius 2 is 0.785 bits per heavy atom. The summed E-state index contributed by atoms with van der Waals surface area (Å²) in [5, 5.41) is 0. The average Bonchev–Trinajstić information content (AvgIpc) is 3.81. The topological polar surface area (TPSA) is 3.24 Å². The summed E-state index contributed by atoms with van der Waals surface area (Å²) in [6, 6.07) is 92.0. The molecule has 2 aliphatic carbocycles. The van der Waals surface area contributed by atoms with Crippen molar-refractivity contribution in [3.63, 3.8) is 0 Å². The van der Waals surface area contributed by atoms with Crippen LogP contribution >= 0.6 is 0 Å². The maximum atomic E-state index is 2.48. The number of hydrogen-bond donors (Lipinski definition) is 0. The fraction of sp³-hybridized carbons (Fsp3) is 0.0625. The van der Waals surface area contributed by atoms with Crippen LogP contribution in [0.2, 0.25) is 0 Å². The van der Waals surface area contributed by atoms with Crippen LogP contribution in [-0.4, -0.2) is 0 Å². The normalized spacial score (nSPS) is 13.6. The highest BCUT2D eigenvalue weighted by Gasteiger charge is 2.46. The molecular formula is C64H47N. The monoisotopic (exact) mass is 829 g/mol. The van der Waals surface area contributed by atoms with Crippen LogP contribution in [-0.2, 0) is 10.8 Å². The molecule has 10 aromatic rings. The van der Waals surface area contributed by atoms with Crippen LogP contribution < -0.4 is 4.90 Å². The summed E-state index contributed by atoms with van der Waals surface area (Å²) >= 11 is 0. The van der Waals surface area contributed by atoms with Crippen LogP contribution in [0.1, 0.15) is 47.2 Å². The SMILES string of the molecule is CC1(C)c2ccccc2-c2ccc(N(c3cccc(-c4cccc5c4-c4ccccc4C5(c4ccccc4)c4ccccc4)c3)c3ccccc3-c3ccc(-c4ccccc4)cc3)cc21. The highest BCUT2D eigenvalue weighted by Crippen LogP contribution is 2.59. The van der Waals surface area contributed by atoms with Gasteiger partial charge in [-0.15, -0.1) is 0 Å². The molecule has 0 aromatic heterocycles. The van der Waals surface area contributed by atoms with Gasteiger partial charge in [0, 0.05) is 22.4 Å². The molecule has 0 amide bonds. The van der Waals surface area contributed by atoms with Crippen LogP contribution in [0.25, 0.3) is 55.6 Å². The second kappa shape index (κ2) is 15.4. The maximum Gasteiger partial charge on any atom is 0.0713 e. The van der Waals surface area contributed by atoms with E-state index < -0.39 is 5.41 Å². The lowest BCUT2D eigenvalue weighted by molar-refractivity contribution is 0.660. The molecule has 0 heterocycles. The van der Waals surface area contributed by atoms with Gasteiger partial charge in [-0.2, -0.15) is 0 Å². The Balaban J connectivity index is 1.06. The van der Waals surface area contributed by atoms with E-state index in [2.05, 4.69) is 267 Å². The molecule has 0 spiro atoms. The van der Waals surface area contributed by atoms with Gasteiger partial charge in [0.05, 0.1) is 11.1 Å². The predicted octanol–water partition coefficient (Wildman–Crippen LogP) is 16.8. The summed E-state index contributed by atoms with van der Waals surface area (Å²) in [4.78, 5) is 2.48. The van der Waals surface area contributed by atoms with Crippen molar-refractivity contribution >= 4 is 17.1 Å². The lowest BCUT2D eigenvalue weighted by Crippen LogP contribution is -2.28. The molecule has 0 bridgehead atoms. The minimum atomic E-state index is -0.474. The third-order valence-electron chi connectivity index (χ3n) is 14.2. The minimum absolute atomic E-state index is 0.149. The molecule has 0 radical (unpaired) electrons. The highest BCUT2D eigenvalue weighted by molar-refractivity contribution is 5.97. The Bertz CT molecular complexity index is 3340. The van der Waals surface area contributed by atoms with E-state index in [1.165, 1.54) is 89.0 Å². The minimum Gasteiger partial charge on any atom is -0.310 e. The van der Waals surface area contributed by atoms with E-state index in [4.69, 9.17) is 0 Å². The van der Waals surface area contributed by atoms with Gasteiger partial charge in [0.1, 0.15) is 0 Å². The number of hydrogen-bond acceptors (Lipinski definition) is 1. The molecular weight excluding hydrogens is 783 g/mol. The van der Waals surface area contributed by atoms with Gasteiger partial charge in [-0.1, -0.05) is 232 Å². The van der Waals surface area contributed by atoms with Gasteiger partial charge < -0.3 is 4.90 Å². The number of nitrogens with zero attached hydrogens (tertiary/aromatic N) is 1. The van der Waals surface area contributed by atoms with Crippen LogP contribution in [0.5, 0.6) is 0 Å². The van der Waals surface area contributed by atoms with Gasteiger partial charge in [0.2, 0.25) is 0 Å². The van der Waals surface area contributed by atoms with Gasteiger partial charge in [-0.3, -0.25) is 0 Å². The average molecular weight is 830 g/mol. The van der Waals surface area contributed by atoms with Crippen molar-refractivity contribution in [2.45, 2.75) is 24.7 Å². The van der Waals surface area contributed by atoms with E-state index in [9.17, 15) is 0 Å². The van der Waals surface area contributed by atoms with Crippen LogP contribution in [0, 0.1) is 0 Å². The first kappa shape index (κ1) is 38.7. The zero-order valence-corrected chi connectivity index (χ0v) is 36.6. The van der Waals surface area contributed by atoms with E-state index in [-0.39, 0.29) is 5.41 Å². The molecule has 0 saturated heterocycles. The molecule has 65 heavy (non-hydrogen) atoms. The molecule has 0 fully saturated rings. The molecule has 0 N–H and O–H groups in total. The van der Waals surface area contributed by atoms with Gasteiger partial charge in [-0.25, -0.2) is 0 Å². The van der Waals surface area contributed by atoms with Gasteiger partial charge >= 0.3 is 0 Å². The van der Waals surface area contributed by atoms with Crippen LogP contribution in [0.15, 0.2) is 249 Å². The number of benzene rings is 10. The first-order valence-electron chi connectivity index (χ1n) is 22.8. The Morgan fingerprint density at radius 1 is 0.292 bits per heavy atom. The van der Waals surface area contributed by atoms with Crippen molar-refractivity contribution in [1.29, 1.82) is 0 Å². The zero-order chi connectivity index (χ0) is 43.5. The van der Waals surface area contributed by atoms with Crippen LogP contribution in [0.4, 0.5) is 17.1 Å². The van der Waals surface area contributed by atoms with Crippen molar-refractivity contribution < 1.29 is 0 Å². The molecule has 12 rings (SSSR count). The van der Waals surface area contributed by atoms with Gasteiger partial charge in [0.25, 0.3) is 0 Å². The second-order valence-corrected chi connectivity index (χ2v) is 18.0. The molecule has 1 heteroatoms. The molecule has 0 saturated carbocycles. The molecule has 10 aromatic carbocycles. The summed E-state index contributed by atoms with van der Waals surface area (Å²) in [5.41, 5.74) is 23.0. The second-order valence-electron chi connectivity index (χ2n) is 18.0. The Kier molecular flexibility index (Phi) is 9.14. The van der Waals surface area contributed by atoms with Gasteiger partial charge in [0.15, 0.2) is 0 Å². The number of anilines is 3. The van der Waals surface area contributed by atoms with Gasteiger partial charge in [-0.05, 0) is 114 Å². The zero-order valence-electron chi connectivity index (χ0n) is 36.6. The fourth-order valence-corrected chi connectivity index (χ4v) is 11.2. The van der Waals surface area contributed by atoms with E-state index in [0.29, 0.717) is 0 Å². The molecule has 2 aliphatic rings. The van der Waals surface area contributed by atoms with E-state index in [1.54, 1.807) is 0 Å². The summed E-state index contributed by atoms with van der Waals surface area (Å²) in [5.74, 6) is 0. The van der Waals surface area contributed by atoms with Crippen molar-refractivity contribution in [3.8, 4) is 55.6 Å². The van der Waals surface area contributed by atoms with Crippen molar-refractivity contribution in [2.75, 3.05) is 4.90 Å². The quantitative estimate of drug-likeness (QED) is 0.147. The summed E-state index contributed by atoms with van der Waals surface area (Å²) in [6.45, 7) is 4.74. The Morgan fingerprint density at radius 3 is 1.51 bits per heavy atom. The predicted molar refractivity (Wildman–Crippen MR) is 272 cm³/mol. The molecule has 308 valence electrons. The summed E-state index contributed by atoms with van der Waals surface area (Å²) < 4.78 is 0. The summed E-state index contributed by atoms with van der Waals surface area (Å²) in [6.07, 6.45) is 0. The largest absolute Gasteiger partial charge is 0.310 e. The van der Waals surface area contributed by atoms with Crippen molar-refractivity contribution in [1.82, 2.24) is 0 Å². The fourth-order valence-electron chi connectivity index (χ4n) is 11.2. The molecule has 0 unspecified atom stereocenters. The Hall–Kier alpha value is -8.00. The number of para-hydroxylation sites is 1. The first-order valence-corrected chi connectivity index (χ1v) is 22.8. The summed E-state index contributed by atoms with van der Waals surface area (Å²) in [7, 11) is 0. The lowest BCUT2D eigenvalue weighted by atomic mass is 9.67.